The van der Waals surface area contributed by atoms with Crippen molar-refractivity contribution < 1.29 is 23.8 Å². The molecule has 0 aliphatic carbocycles. The molecule has 26 heavy (non-hydrogen) atoms. The number of rotatable bonds is 6. The van der Waals surface area contributed by atoms with Crippen molar-refractivity contribution in [3.8, 4) is 17.2 Å². The van der Waals surface area contributed by atoms with Crippen LogP contribution in [0.3, 0.4) is 0 Å². The van der Waals surface area contributed by atoms with Gasteiger partial charge in [0, 0.05) is 25.6 Å². The van der Waals surface area contributed by atoms with Crippen LogP contribution >= 0.6 is 0 Å². The molecule has 0 aromatic heterocycles. The molecule has 136 valence electrons. The number of hydrogen-bond donors (Lipinski definition) is 1. The van der Waals surface area contributed by atoms with Crippen molar-refractivity contribution >= 4 is 17.5 Å². The van der Waals surface area contributed by atoms with E-state index in [1.54, 1.807) is 42.3 Å². The molecule has 0 saturated heterocycles. The smallest absolute Gasteiger partial charge is 0.251 e. The van der Waals surface area contributed by atoms with Gasteiger partial charge in [-0.1, -0.05) is 12.1 Å². The Bertz CT molecular complexity index is 821. The lowest BCUT2D eigenvalue weighted by molar-refractivity contribution is -0.116. The summed E-state index contributed by atoms with van der Waals surface area (Å²) in [5.74, 6) is 1.40. The van der Waals surface area contributed by atoms with Crippen LogP contribution in [0.1, 0.15) is 17.3 Å². The second kappa shape index (κ2) is 7.77. The predicted molar refractivity (Wildman–Crippen MR) is 95.9 cm³/mol. The van der Waals surface area contributed by atoms with E-state index in [1.165, 1.54) is 6.92 Å². The van der Waals surface area contributed by atoms with Gasteiger partial charge in [-0.15, -0.1) is 0 Å². The van der Waals surface area contributed by atoms with E-state index in [1.807, 2.05) is 12.1 Å². The summed E-state index contributed by atoms with van der Waals surface area (Å²) in [6.45, 7) is 2.26. The van der Waals surface area contributed by atoms with Crippen molar-refractivity contribution in [1.82, 2.24) is 5.32 Å². The van der Waals surface area contributed by atoms with E-state index in [4.69, 9.17) is 14.2 Å². The summed E-state index contributed by atoms with van der Waals surface area (Å²) in [4.78, 5) is 25.9. The van der Waals surface area contributed by atoms with E-state index in [-0.39, 0.29) is 18.6 Å². The quantitative estimate of drug-likeness (QED) is 0.859. The monoisotopic (exact) mass is 356 g/mol. The van der Waals surface area contributed by atoms with Crippen molar-refractivity contribution in [2.24, 2.45) is 0 Å². The Morgan fingerprint density at radius 2 is 1.92 bits per heavy atom. The number of nitrogens with one attached hydrogen (secondary N) is 1. The molecule has 2 aromatic carbocycles. The zero-order chi connectivity index (χ0) is 18.5. The third-order valence-corrected chi connectivity index (χ3v) is 4.01. The van der Waals surface area contributed by atoms with Gasteiger partial charge >= 0.3 is 0 Å². The van der Waals surface area contributed by atoms with E-state index in [9.17, 15) is 9.59 Å². The van der Waals surface area contributed by atoms with Crippen LogP contribution in [-0.4, -0.2) is 38.8 Å². The Balaban J connectivity index is 1.63. The maximum atomic E-state index is 12.3. The fourth-order valence-electron chi connectivity index (χ4n) is 2.72. The molecule has 0 fully saturated rings. The van der Waals surface area contributed by atoms with Crippen molar-refractivity contribution in [3.63, 3.8) is 0 Å². The molecule has 0 radical (unpaired) electrons. The zero-order valence-electron chi connectivity index (χ0n) is 14.7. The molecule has 1 aliphatic heterocycles. The van der Waals surface area contributed by atoms with Crippen molar-refractivity contribution in [1.29, 1.82) is 0 Å². The molecule has 0 bridgehead atoms. The van der Waals surface area contributed by atoms with Gasteiger partial charge in [-0.05, 0) is 30.3 Å². The minimum absolute atomic E-state index is 0.133. The fourth-order valence-corrected chi connectivity index (χ4v) is 2.72. The first-order valence-corrected chi connectivity index (χ1v) is 8.19. The van der Waals surface area contributed by atoms with E-state index >= 15 is 0 Å². The molecular formula is C19H20N2O5. The lowest BCUT2D eigenvalue weighted by Crippen LogP contribution is -2.37. The SMILES string of the molecule is COc1ccccc1N(CCNC(=O)c1ccc2c(c1)OCO2)C(C)=O. The summed E-state index contributed by atoms with van der Waals surface area (Å²) in [7, 11) is 1.55. The van der Waals surface area contributed by atoms with Crippen LogP contribution in [0.15, 0.2) is 42.5 Å². The minimum Gasteiger partial charge on any atom is -0.495 e. The Labute approximate surface area is 151 Å². The summed E-state index contributed by atoms with van der Waals surface area (Å²) < 4.78 is 15.8. The van der Waals surface area contributed by atoms with Crippen LogP contribution < -0.4 is 24.4 Å². The minimum atomic E-state index is -0.244. The molecule has 1 heterocycles. The standard InChI is InChI=1S/C19H20N2O5/c1-13(22)21(15-5-3-4-6-16(15)24-2)10-9-20-19(23)14-7-8-17-18(11-14)26-12-25-17/h3-8,11H,9-10,12H2,1-2H3,(H,20,23). The number of anilines is 1. The summed E-state index contributed by atoms with van der Waals surface area (Å²) in [5.41, 5.74) is 1.14. The molecule has 2 amide bonds. The first-order valence-electron chi connectivity index (χ1n) is 8.19. The highest BCUT2D eigenvalue weighted by atomic mass is 16.7. The second-order valence-corrected chi connectivity index (χ2v) is 5.67. The van der Waals surface area contributed by atoms with E-state index < -0.39 is 0 Å². The summed E-state index contributed by atoms with van der Waals surface area (Å²) in [5, 5.41) is 2.81. The van der Waals surface area contributed by atoms with E-state index in [0.29, 0.717) is 41.6 Å². The number of methoxy groups -OCH3 is 1. The molecule has 1 N–H and O–H groups in total. The Hall–Kier alpha value is -3.22. The molecule has 7 heteroatoms. The number of fused-ring (bicyclic) bond motifs is 1. The van der Waals surface area contributed by atoms with Crippen molar-refractivity contribution in [3.05, 3.63) is 48.0 Å². The first kappa shape index (κ1) is 17.6. The number of benzene rings is 2. The third-order valence-electron chi connectivity index (χ3n) is 4.01. The lowest BCUT2D eigenvalue weighted by atomic mass is 10.2. The maximum absolute atomic E-state index is 12.3. The highest BCUT2D eigenvalue weighted by Gasteiger charge is 2.18. The molecular weight excluding hydrogens is 336 g/mol. The average Bonchev–Trinajstić information content (AvgIpc) is 3.12. The zero-order valence-corrected chi connectivity index (χ0v) is 14.7. The molecule has 3 rings (SSSR count). The van der Waals surface area contributed by atoms with Crippen molar-refractivity contribution in [2.45, 2.75) is 6.92 Å². The number of carbonyl (C=O) groups is 2. The Kier molecular flexibility index (Phi) is 5.26. The summed E-state index contributed by atoms with van der Waals surface area (Å²) >= 11 is 0. The van der Waals surface area contributed by atoms with Crippen LogP contribution in [0.2, 0.25) is 0 Å². The number of carbonyl (C=O) groups excluding carboxylic acids is 2. The van der Waals surface area contributed by atoms with Gasteiger partial charge in [-0.25, -0.2) is 0 Å². The normalized spacial score (nSPS) is 11.8. The maximum Gasteiger partial charge on any atom is 0.251 e. The van der Waals surface area contributed by atoms with Gasteiger partial charge in [-0.3, -0.25) is 9.59 Å². The summed E-state index contributed by atoms with van der Waals surface area (Å²) in [6, 6.07) is 12.3. The fraction of sp³-hybridized carbons (Fsp3) is 0.263. The predicted octanol–water partition coefficient (Wildman–Crippen LogP) is 2.21. The first-order chi connectivity index (χ1) is 12.6. The van der Waals surface area contributed by atoms with Gasteiger partial charge in [0.1, 0.15) is 5.75 Å². The molecule has 0 unspecified atom stereocenters. The molecule has 2 aromatic rings. The molecule has 0 saturated carbocycles. The van der Waals surface area contributed by atoms with Crippen LogP contribution in [0, 0.1) is 0 Å². The Morgan fingerprint density at radius 1 is 1.15 bits per heavy atom. The van der Waals surface area contributed by atoms with Crippen LogP contribution in [0.5, 0.6) is 17.2 Å². The lowest BCUT2D eigenvalue weighted by Gasteiger charge is -2.23. The highest BCUT2D eigenvalue weighted by molar-refractivity contribution is 5.95. The number of hydrogen-bond acceptors (Lipinski definition) is 5. The van der Waals surface area contributed by atoms with Crippen LogP contribution in [0.25, 0.3) is 0 Å². The topological polar surface area (TPSA) is 77.1 Å². The number of amides is 2. The van der Waals surface area contributed by atoms with Gasteiger partial charge in [0.05, 0.1) is 12.8 Å². The second-order valence-electron chi connectivity index (χ2n) is 5.67. The van der Waals surface area contributed by atoms with E-state index in [0.717, 1.165) is 0 Å². The largest absolute Gasteiger partial charge is 0.495 e. The van der Waals surface area contributed by atoms with E-state index in [2.05, 4.69) is 5.32 Å². The van der Waals surface area contributed by atoms with Gasteiger partial charge in [0.25, 0.3) is 5.91 Å². The van der Waals surface area contributed by atoms with Gasteiger partial charge in [0.15, 0.2) is 11.5 Å². The van der Waals surface area contributed by atoms with Crippen molar-refractivity contribution in [2.75, 3.05) is 31.9 Å². The van der Waals surface area contributed by atoms with Crippen LogP contribution in [-0.2, 0) is 4.79 Å². The number of ether oxygens (including phenoxy) is 3. The van der Waals surface area contributed by atoms with Gasteiger partial charge in [-0.2, -0.15) is 0 Å². The molecule has 7 nitrogen and oxygen atoms in total. The molecule has 0 spiro atoms. The number of para-hydroxylation sites is 2. The number of nitrogens with zero attached hydrogens (tertiary/aromatic N) is 1. The molecule has 1 aliphatic rings. The highest BCUT2D eigenvalue weighted by Crippen LogP contribution is 2.32. The summed E-state index contributed by atoms with van der Waals surface area (Å²) in [6.07, 6.45) is 0. The molecule has 0 atom stereocenters. The van der Waals surface area contributed by atoms with Gasteiger partial charge in [0.2, 0.25) is 12.7 Å². The third kappa shape index (κ3) is 3.72. The van der Waals surface area contributed by atoms with Crippen LogP contribution in [0.4, 0.5) is 5.69 Å². The average molecular weight is 356 g/mol. The van der Waals surface area contributed by atoms with Gasteiger partial charge < -0.3 is 24.4 Å². The Morgan fingerprint density at radius 3 is 2.69 bits per heavy atom.